The number of ether oxygens (including phenoxy) is 1. The van der Waals surface area contributed by atoms with E-state index >= 15 is 0 Å². The third-order valence-corrected chi connectivity index (χ3v) is 4.12. The van der Waals surface area contributed by atoms with Gasteiger partial charge in [0.2, 0.25) is 0 Å². The summed E-state index contributed by atoms with van der Waals surface area (Å²) in [4.78, 5) is 14.2. The monoisotopic (exact) mass is 240 g/mol. The average Bonchev–Trinajstić information content (AvgIpc) is 2.77. The van der Waals surface area contributed by atoms with E-state index in [1.54, 1.807) is 0 Å². The zero-order valence-electron chi connectivity index (χ0n) is 10.9. The molecule has 4 nitrogen and oxygen atoms in total. The van der Waals surface area contributed by atoms with Crippen LogP contribution in [0, 0.1) is 11.8 Å². The molecule has 0 aromatic rings. The fraction of sp³-hybridized carbons (Fsp3) is 0.923. The van der Waals surface area contributed by atoms with Crippen LogP contribution in [0.5, 0.6) is 0 Å². The number of hydrogen-bond acceptors (Lipinski definition) is 4. The Morgan fingerprint density at radius 1 is 1.41 bits per heavy atom. The van der Waals surface area contributed by atoms with E-state index in [4.69, 9.17) is 4.74 Å². The fourth-order valence-electron chi connectivity index (χ4n) is 3.16. The molecule has 0 spiro atoms. The van der Waals surface area contributed by atoms with Gasteiger partial charge in [0.25, 0.3) is 0 Å². The van der Waals surface area contributed by atoms with E-state index in [1.165, 1.54) is 6.42 Å². The molecule has 0 saturated carbocycles. The van der Waals surface area contributed by atoms with E-state index in [2.05, 4.69) is 17.1 Å². The summed E-state index contributed by atoms with van der Waals surface area (Å²) in [5.74, 6) is 1.51. The van der Waals surface area contributed by atoms with Gasteiger partial charge in [-0.3, -0.25) is 9.69 Å². The highest BCUT2D eigenvalue weighted by Gasteiger charge is 2.36. The lowest BCUT2D eigenvalue weighted by molar-refractivity contribution is -0.150. The number of nitrogens with zero attached hydrogens (tertiary/aromatic N) is 1. The molecular formula is C13H24N2O2. The van der Waals surface area contributed by atoms with Crippen molar-refractivity contribution in [1.29, 1.82) is 0 Å². The molecular weight excluding hydrogens is 216 g/mol. The van der Waals surface area contributed by atoms with Gasteiger partial charge in [-0.05, 0) is 51.2 Å². The summed E-state index contributed by atoms with van der Waals surface area (Å²) in [6.07, 6.45) is 2.07. The first-order chi connectivity index (χ1) is 8.26. The minimum atomic E-state index is -0.0422. The molecule has 3 atom stereocenters. The van der Waals surface area contributed by atoms with Crippen molar-refractivity contribution in [2.24, 2.45) is 11.8 Å². The standard InChI is InChI=1S/C13H24N2O2/c1-3-12(13(16)17-4-2)15-6-5-10-7-14-8-11(10)9-15/h10-12,14H,3-9H2,1-2H3. The molecule has 2 aliphatic heterocycles. The smallest absolute Gasteiger partial charge is 0.323 e. The molecule has 0 amide bonds. The van der Waals surface area contributed by atoms with E-state index in [1.807, 2.05) is 6.92 Å². The van der Waals surface area contributed by atoms with Gasteiger partial charge in [0.05, 0.1) is 6.61 Å². The normalized spacial score (nSPS) is 30.9. The van der Waals surface area contributed by atoms with Crippen molar-refractivity contribution in [3.8, 4) is 0 Å². The van der Waals surface area contributed by atoms with E-state index in [0.29, 0.717) is 6.61 Å². The number of piperidine rings is 1. The first-order valence-electron chi connectivity index (χ1n) is 6.87. The highest BCUT2D eigenvalue weighted by Crippen LogP contribution is 2.28. The topological polar surface area (TPSA) is 41.6 Å². The molecule has 2 saturated heterocycles. The van der Waals surface area contributed by atoms with Crippen LogP contribution >= 0.6 is 0 Å². The van der Waals surface area contributed by atoms with Crippen LogP contribution in [0.3, 0.4) is 0 Å². The predicted octanol–water partition coefficient (Wildman–Crippen LogP) is 0.869. The van der Waals surface area contributed by atoms with E-state index < -0.39 is 0 Å². The van der Waals surface area contributed by atoms with Crippen LogP contribution in [0.15, 0.2) is 0 Å². The molecule has 17 heavy (non-hydrogen) atoms. The summed E-state index contributed by atoms with van der Waals surface area (Å²) >= 11 is 0. The second kappa shape index (κ2) is 5.83. The Morgan fingerprint density at radius 2 is 2.18 bits per heavy atom. The Hall–Kier alpha value is -0.610. The number of carbonyl (C=O) groups excluding carboxylic acids is 1. The third-order valence-electron chi connectivity index (χ3n) is 4.12. The maximum Gasteiger partial charge on any atom is 0.323 e. The molecule has 2 aliphatic rings. The molecule has 0 aliphatic carbocycles. The zero-order chi connectivity index (χ0) is 12.3. The number of esters is 1. The Morgan fingerprint density at radius 3 is 2.88 bits per heavy atom. The predicted molar refractivity (Wildman–Crippen MR) is 66.8 cm³/mol. The summed E-state index contributed by atoms with van der Waals surface area (Å²) in [5.41, 5.74) is 0. The SMILES string of the molecule is CCOC(=O)C(CC)N1CCC2CNCC2C1. The molecule has 2 rings (SSSR count). The van der Waals surface area contributed by atoms with Crippen molar-refractivity contribution >= 4 is 5.97 Å². The number of hydrogen-bond donors (Lipinski definition) is 1. The maximum absolute atomic E-state index is 11.9. The minimum absolute atomic E-state index is 0.0310. The van der Waals surface area contributed by atoms with Crippen LogP contribution in [0.25, 0.3) is 0 Å². The summed E-state index contributed by atoms with van der Waals surface area (Å²) in [7, 11) is 0. The lowest BCUT2D eigenvalue weighted by atomic mass is 9.88. The quantitative estimate of drug-likeness (QED) is 0.740. The first kappa shape index (κ1) is 12.8. The van der Waals surface area contributed by atoms with Gasteiger partial charge in [0.1, 0.15) is 6.04 Å². The summed E-state index contributed by atoms with van der Waals surface area (Å²) in [6.45, 7) is 8.79. The van der Waals surface area contributed by atoms with Gasteiger partial charge in [-0.1, -0.05) is 6.92 Å². The summed E-state index contributed by atoms with van der Waals surface area (Å²) < 4.78 is 5.16. The van der Waals surface area contributed by atoms with Gasteiger partial charge < -0.3 is 10.1 Å². The van der Waals surface area contributed by atoms with E-state index in [0.717, 1.165) is 44.4 Å². The van der Waals surface area contributed by atoms with Crippen LogP contribution in [-0.4, -0.2) is 49.7 Å². The van der Waals surface area contributed by atoms with Crippen molar-refractivity contribution in [3.63, 3.8) is 0 Å². The van der Waals surface area contributed by atoms with Crippen LogP contribution in [0.4, 0.5) is 0 Å². The summed E-state index contributed by atoms with van der Waals surface area (Å²) in [6, 6.07) is -0.0310. The average molecular weight is 240 g/mol. The largest absolute Gasteiger partial charge is 0.465 e. The summed E-state index contributed by atoms with van der Waals surface area (Å²) in [5, 5.41) is 3.45. The molecule has 4 heteroatoms. The molecule has 0 aromatic carbocycles. The van der Waals surface area contributed by atoms with Gasteiger partial charge in [0.15, 0.2) is 0 Å². The molecule has 0 bridgehead atoms. The Kier molecular flexibility index (Phi) is 4.40. The Labute approximate surface area is 104 Å². The fourth-order valence-corrected chi connectivity index (χ4v) is 3.16. The lowest BCUT2D eigenvalue weighted by Crippen LogP contribution is -2.49. The van der Waals surface area contributed by atoms with Gasteiger partial charge in [-0.2, -0.15) is 0 Å². The van der Waals surface area contributed by atoms with Gasteiger partial charge in [-0.25, -0.2) is 0 Å². The molecule has 2 fully saturated rings. The van der Waals surface area contributed by atoms with Gasteiger partial charge in [-0.15, -0.1) is 0 Å². The van der Waals surface area contributed by atoms with E-state index in [-0.39, 0.29) is 12.0 Å². The first-order valence-corrected chi connectivity index (χ1v) is 6.87. The number of carbonyl (C=O) groups is 1. The zero-order valence-corrected chi connectivity index (χ0v) is 10.9. The van der Waals surface area contributed by atoms with E-state index in [9.17, 15) is 4.79 Å². The number of nitrogens with one attached hydrogen (secondary N) is 1. The maximum atomic E-state index is 11.9. The van der Waals surface area contributed by atoms with Crippen LogP contribution in [-0.2, 0) is 9.53 Å². The molecule has 2 heterocycles. The van der Waals surface area contributed by atoms with Crippen LogP contribution < -0.4 is 5.32 Å². The molecule has 0 radical (unpaired) electrons. The minimum Gasteiger partial charge on any atom is -0.465 e. The van der Waals surface area contributed by atoms with Crippen molar-refractivity contribution in [3.05, 3.63) is 0 Å². The number of fused-ring (bicyclic) bond motifs is 1. The van der Waals surface area contributed by atoms with Crippen molar-refractivity contribution < 1.29 is 9.53 Å². The van der Waals surface area contributed by atoms with Gasteiger partial charge >= 0.3 is 5.97 Å². The molecule has 1 N–H and O–H groups in total. The highest BCUT2D eigenvalue weighted by atomic mass is 16.5. The Bertz CT molecular complexity index is 270. The highest BCUT2D eigenvalue weighted by molar-refractivity contribution is 5.75. The molecule has 3 unspecified atom stereocenters. The second-order valence-corrected chi connectivity index (χ2v) is 5.14. The van der Waals surface area contributed by atoms with Crippen LogP contribution in [0.1, 0.15) is 26.7 Å². The lowest BCUT2D eigenvalue weighted by Gasteiger charge is -2.38. The van der Waals surface area contributed by atoms with Crippen LogP contribution in [0.2, 0.25) is 0 Å². The third kappa shape index (κ3) is 2.80. The second-order valence-electron chi connectivity index (χ2n) is 5.14. The number of likely N-dealkylation sites (tertiary alicyclic amines) is 1. The Balaban J connectivity index is 1.93. The van der Waals surface area contributed by atoms with Crippen molar-refractivity contribution in [2.75, 3.05) is 32.8 Å². The molecule has 98 valence electrons. The van der Waals surface area contributed by atoms with Crippen molar-refractivity contribution in [2.45, 2.75) is 32.7 Å². The molecule has 0 aromatic heterocycles. The number of rotatable bonds is 4. The van der Waals surface area contributed by atoms with Gasteiger partial charge in [0, 0.05) is 6.54 Å². The van der Waals surface area contributed by atoms with Crippen molar-refractivity contribution in [1.82, 2.24) is 10.2 Å².